The van der Waals surface area contributed by atoms with Crippen LogP contribution < -0.4 is 10.6 Å². The number of carbonyl (C=O) groups excluding carboxylic acids is 1. The highest BCUT2D eigenvalue weighted by Gasteiger charge is 2.10. The normalized spacial score (nSPS) is 11.9. The van der Waals surface area contributed by atoms with Gasteiger partial charge < -0.3 is 10.6 Å². The maximum atomic E-state index is 11.7. The molecule has 5 nitrogen and oxygen atoms in total. The maximum absolute atomic E-state index is 11.7. The first kappa shape index (κ1) is 13.5. The zero-order chi connectivity index (χ0) is 13.7. The topological polar surface area (TPSA) is 66.9 Å². The standard InChI is InChI=1S/C13H16N4OS/c1-9-8-19-12(16-9)7-15-13(18)17-10(2)11-5-3-4-6-14-11/h3-6,8,10H,7H2,1-2H3,(H2,15,17,18). The van der Waals surface area contributed by atoms with E-state index in [4.69, 9.17) is 0 Å². The second kappa shape index (κ2) is 6.29. The van der Waals surface area contributed by atoms with Crippen LogP contribution in [0.1, 0.15) is 29.4 Å². The summed E-state index contributed by atoms with van der Waals surface area (Å²) < 4.78 is 0. The second-order valence-electron chi connectivity index (χ2n) is 4.19. The van der Waals surface area contributed by atoms with Crippen LogP contribution in [-0.4, -0.2) is 16.0 Å². The van der Waals surface area contributed by atoms with E-state index >= 15 is 0 Å². The van der Waals surface area contributed by atoms with Crippen LogP contribution in [0.3, 0.4) is 0 Å². The van der Waals surface area contributed by atoms with E-state index in [1.165, 1.54) is 0 Å². The molecule has 0 bridgehead atoms. The van der Waals surface area contributed by atoms with Gasteiger partial charge in [0.15, 0.2) is 0 Å². The van der Waals surface area contributed by atoms with E-state index in [1.807, 2.05) is 37.4 Å². The van der Waals surface area contributed by atoms with E-state index in [0.717, 1.165) is 16.4 Å². The van der Waals surface area contributed by atoms with Crippen LogP contribution in [-0.2, 0) is 6.54 Å². The summed E-state index contributed by atoms with van der Waals surface area (Å²) in [5.41, 5.74) is 1.81. The van der Waals surface area contributed by atoms with Gasteiger partial charge in [-0.05, 0) is 26.0 Å². The second-order valence-corrected chi connectivity index (χ2v) is 5.13. The molecular formula is C13H16N4OS. The largest absolute Gasteiger partial charge is 0.332 e. The molecule has 0 fully saturated rings. The van der Waals surface area contributed by atoms with Crippen LogP contribution in [0.4, 0.5) is 4.79 Å². The van der Waals surface area contributed by atoms with Gasteiger partial charge in [0, 0.05) is 17.3 Å². The molecule has 2 heterocycles. The van der Waals surface area contributed by atoms with Gasteiger partial charge >= 0.3 is 6.03 Å². The average Bonchev–Trinajstić information content (AvgIpc) is 2.83. The van der Waals surface area contributed by atoms with E-state index in [1.54, 1.807) is 17.5 Å². The van der Waals surface area contributed by atoms with Crippen molar-refractivity contribution in [3.63, 3.8) is 0 Å². The summed E-state index contributed by atoms with van der Waals surface area (Å²) in [6.45, 7) is 4.28. The molecule has 0 aliphatic heterocycles. The summed E-state index contributed by atoms with van der Waals surface area (Å²) in [6, 6.07) is 5.29. The van der Waals surface area contributed by atoms with Crippen LogP contribution in [0.15, 0.2) is 29.8 Å². The number of urea groups is 1. The molecule has 2 rings (SSSR count). The molecule has 0 radical (unpaired) electrons. The molecule has 2 N–H and O–H groups in total. The molecule has 0 saturated heterocycles. The lowest BCUT2D eigenvalue weighted by Gasteiger charge is -2.13. The predicted octanol–water partition coefficient (Wildman–Crippen LogP) is 2.41. The zero-order valence-corrected chi connectivity index (χ0v) is 11.7. The zero-order valence-electron chi connectivity index (χ0n) is 10.9. The number of pyridine rings is 1. The first-order valence-electron chi connectivity index (χ1n) is 6.01. The molecule has 0 aromatic carbocycles. The van der Waals surface area contributed by atoms with Crippen molar-refractivity contribution in [1.82, 2.24) is 20.6 Å². The number of hydrogen-bond donors (Lipinski definition) is 2. The Morgan fingerprint density at radius 1 is 1.47 bits per heavy atom. The molecule has 6 heteroatoms. The lowest BCUT2D eigenvalue weighted by Crippen LogP contribution is -2.36. The maximum Gasteiger partial charge on any atom is 0.315 e. The first-order chi connectivity index (χ1) is 9.15. The quantitative estimate of drug-likeness (QED) is 0.901. The Labute approximate surface area is 116 Å². The van der Waals surface area contributed by atoms with E-state index < -0.39 is 0 Å². The average molecular weight is 276 g/mol. The SMILES string of the molecule is Cc1csc(CNC(=O)NC(C)c2ccccn2)n1. The first-order valence-corrected chi connectivity index (χ1v) is 6.89. The van der Waals surface area contributed by atoms with Crippen LogP contribution >= 0.6 is 11.3 Å². The fourth-order valence-electron chi connectivity index (χ4n) is 1.59. The summed E-state index contributed by atoms with van der Waals surface area (Å²) in [5.74, 6) is 0. The van der Waals surface area contributed by atoms with Crippen molar-refractivity contribution in [2.24, 2.45) is 0 Å². The molecule has 1 unspecified atom stereocenters. The molecule has 19 heavy (non-hydrogen) atoms. The third-order valence-electron chi connectivity index (χ3n) is 2.55. The van der Waals surface area contributed by atoms with Gasteiger partial charge in [0.1, 0.15) is 5.01 Å². The summed E-state index contributed by atoms with van der Waals surface area (Å²) >= 11 is 1.54. The smallest absolute Gasteiger partial charge is 0.315 e. The van der Waals surface area contributed by atoms with Crippen molar-refractivity contribution in [2.75, 3.05) is 0 Å². The lowest BCUT2D eigenvalue weighted by molar-refractivity contribution is 0.237. The molecule has 0 saturated carbocycles. The highest BCUT2D eigenvalue weighted by Crippen LogP contribution is 2.09. The summed E-state index contributed by atoms with van der Waals surface area (Å²) in [6.07, 6.45) is 1.71. The van der Waals surface area contributed by atoms with Crippen molar-refractivity contribution in [2.45, 2.75) is 26.4 Å². The minimum atomic E-state index is -0.217. The van der Waals surface area contributed by atoms with E-state index in [2.05, 4.69) is 20.6 Å². The van der Waals surface area contributed by atoms with Gasteiger partial charge in [-0.15, -0.1) is 11.3 Å². The van der Waals surface area contributed by atoms with Crippen LogP contribution in [0.5, 0.6) is 0 Å². The Morgan fingerprint density at radius 3 is 2.95 bits per heavy atom. The fraction of sp³-hybridized carbons (Fsp3) is 0.308. The molecule has 100 valence electrons. The van der Waals surface area contributed by atoms with Crippen LogP contribution in [0.2, 0.25) is 0 Å². The third kappa shape index (κ3) is 4.03. The van der Waals surface area contributed by atoms with Crippen molar-refractivity contribution in [3.8, 4) is 0 Å². The van der Waals surface area contributed by atoms with Gasteiger partial charge in [0.2, 0.25) is 0 Å². The minimum Gasteiger partial charge on any atom is -0.332 e. The molecule has 2 aromatic heterocycles. The number of aromatic nitrogens is 2. The van der Waals surface area contributed by atoms with Gasteiger partial charge in [-0.3, -0.25) is 4.98 Å². The summed E-state index contributed by atoms with van der Waals surface area (Å²) in [5, 5.41) is 8.49. The lowest BCUT2D eigenvalue weighted by atomic mass is 10.2. The monoisotopic (exact) mass is 276 g/mol. The molecule has 0 aliphatic carbocycles. The minimum absolute atomic E-state index is 0.126. The molecule has 2 amide bonds. The Morgan fingerprint density at radius 2 is 2.32 bits per heavy atom. The van der Waals surface area contributed by atoms with Crippen molar-refractivity contribution < 1.29 is 4.79 Å². The predicted molar refractivity (Wildman–Crippen MR) is 74.9 cm³/mol. The van der Waals surface area contributed by atoms with Gasteiger partial charge in [-0.1, -0.05) is 6.07 Å². The number of nitrogens with one attached hydrogen (secondary N) is 2. The number of aryl methyl sites for hydroxylation is 1. The highest BCUT2D eigenvalue weighted by atomic mass is 32.1. The molecule has 0 spiro atoms. The summed E-state index contributed by atoms with van der Waals surface area (Å²) in [7, 11) is 0. The molecular weight excluding hydrogens is 260 g/mol. The van der Waals surface area contributed by atoms with Crippen molar-refractivity contribution in [3.05, 3.63) is 46.2 Å². The van der Waals surface area contributed by atoms with E-state index in [9.17, 15) is 4.79 Å². The summed E-state index contributed by atoms with van der Waals surface area (Å²) in [4.78, 5) is 20.2. The molecule has 0 aliphatic rings. The van der Waals surface area contributed by atoms with Crippen molar-refractivity contribution in [1.29, 1.82) is 0 Å². The Kier molecular flexibility index (Phi) is 4.46. The Bertz CT molecular complexity index is 541. The molecule has 1 atom stereocenters. The fourth-order valence-corrected chi connectivity index (χ4v) is 2.31. The van der Waals surface area contributed by atoms with Crippen LogP contribution in [0, 0.1) is 6.92 Å². The van der Waals surface area contributed by atoms with E-state index in [-0.39, 0.29) is 12.1 Å². The number of hydrogen-bond acceptors (Lipinski definition) is 4. The highest BCUT2D eigenvalue weighted by molar-refractivity contribution is 7.09. The number of thiazole rings is 1. The van der Waals surface area contributed by atoms with Gasteiger partial charge in [-0.2, -0.15) is 0 Å². The van der Waals surface area contributed by atoms with Crippen LogP contribution in [0.25, 0.3) is 0 Å². The number of rotatable bonds is 4. The van der Waals surface area contributed by atoms with Gasteiger partial charge in [-0.25, -0.2) is 9.78 Å². The number of nitrogens with zero attached hydrogens (tertiary/aromatic N) is 2. The Hall–Kier alpha value is -1.95. The Balaban J connectivity index is 1.81. The molecule has 2 aromatic rings. The third-order valence-corrected chi connectivity index (χ3v) is 3.51. The number of amides is 2. The van der Waals surface area contributed by atoms with Crippen molar-refractivity contribution >= 4 is 17.4 Å². The van der Waals surface area contributed by atoms with E-state index in [0.29, 0.717) is 6.54 Å². The van der Waals surface area contributed by atoms with Gasteiger partial charge in [0.25, 0.3) is 0 Å². The number of carbonyl (C=O) groups is 1. The van der Waals surface area contributed by atoms with Gasteiger partial charge in [0.05, 0.1) is 18.3 Å².